The Bertz CT molecular complexity index is 278. The molecule has 86 valence electrons. The summed E-state index contributed by atoms with van der Waals surface area (Å²) >= 11 is 1.85. The van der Waals surface area contributed by atoms with Crippen LogP contribution in [0.2, 0.25) is 0 Å². The van der Waals surface area contributed by atoms with E-state index in [9.17, 15) is 0 Å². The molecule has 1 heterocycles. The molecule has 1 atom stereocenters. The van der Waals surface area contributed by atoms with Crippen LogP contribution in [0.4, 0.5) is 0 Å². The Balaban J connectivity index is 2.67. The minimum absolute atomic E-state index is 0.552. The van der Waals surface area contributed by atoms with E-state index in [0.717, 1.165) is 12.5 Å². The summed E-state index contributed by atoms with van der Waals surface area (Å²) in [4.78, 5) is 1.46. The zero-order valence-electron chi connectivity index (χ0n) is 10.3. The Kier molecular flexibility index (Phi) is 5.34. The maximum absolute atomic E-state index is 3.65. The smallest absolute Gasteiger partial charge is 0.0333 e. The molecular weight excluding hydrogens is 202 g/mol. The van der Waals surface area contributed by atoms with Crippen LogP contribution in [0.5, 0.6) is 0 Å². The number of thiophene rings is 1. The number of nitrogens with one attached hydrogen (secondary N) is 1. The molecular formula is C13H23NS. The highest BCUT2D eigenvalue weighted by atomic mass is 32.1. The van der Waals surface area contributed by atoms with Gasteiger partial charge in [0.2, 0.25) is 0 Å². The quantitative estimate of drug-likeness (QED) is 0.767. The molecule has 0 aromatic carbocycles. The van der Waals surface area contributed by atoms with E-state index in [2.05, 4.69) is 44.5 Å². The van der Waals surface area contributed by atoms with Gasteiger partial charge < -0.3 is 5.32 Å². The molecule has 0 spiro atoms. The van der Waals surface area contributed by atoms with E-state index in [1.807, 2.05) is 11.3 Å². The van der Waals surface area contributed by atoms with Crippen molar-refractivity contribution in [1.82, 2.24) is 5.32 Å². The van der Waals surface area contributed by atoms with E-state index in [0.29, 0.717) is 6.04 Å². The van der Waals surface area contributed by atoms with Crippen LogP contribution in [0.1, 0.15) is 50.1 Å². The van der Waals surface area contributed by atoms with E-state index < -0.39 is 0 Å². The Morgan fingerprint density at radius 1 is 1.40 bits per heavy atom. The van der Waals surface area contributed by atoms with E-state index in [4.69, 9.17) is 0 Å². The van der Waals surface area contributed by atoms with Crippen LogP contribution in [-0.2, 0) is 0 Å². The van der Waals surface area contributed by atoms with E-state index in [-0.39, 0.29) is 0 Å². The number of hydrogen-bond acceptors (Lipinski definition) is 2. The average molecular weight is 225 g/mol. The predicted molar refractivity (Wildman–Crippen MR) is 69.5 cm³/mol. The summed E-state index contributed by atoms with van der Waals surface area (Å²) < 4.78 is 0. The maximum Gasteiger partial charge on any atom is 0.0333 e. The maximum atomic E-state index is 3.65. The molecule has 0 radical (unpaired) electrons. The largest absolute Gasteiger partial charge is 0.310 e. The molecule has 15 heavy (non-hydrogen) atoms. The summed E-state index contributed by atoms with van der Waals surface area (Å²) in [5.41, 5.74) is 1.50. The molecule has 1 unspecified atom stereocenters. The van der Waals surface area contributed by atoms with Gasteiger partial charge in [-0.15, -0.1) is 11.3 Å². The highest BCUT2D eigenvalue weighted by Gasteiger charge is 2.14. The second-order valence-corrected chi connectivity index (χ2v) is 5.69. The standard InChI is InChI=1S/C13H23NS/c1-5-7-14-13(9-10(2)3)12-6-8-15-11(12)4/h6,8,10,13-14H,5,7,9H2,1-4H3. The third-order valence-corrected chi connectivity index (χ3v) is 3.48. The van der Waals surface area contributed by atoms with E-state index >= 15 is 0 Å². The molecule has 1 N–H and O–H groups in total. The highest BCUT2D eigenvalue weighted by Crippen LogP contribution is 2.27. The summed E-state index contributed by atoms with van der Waals surface area (Å²) in [5.74, 6) is 0.749. The molecule has 0 saturated carbocycles. The fraction of sp³-hybridized carbons (Fsp3) is 0.692. The van der Waals surface area contributed by atoms with Crippen LogP contribution in [0.15, 0.2) is 11.4 Å². The molecule has 0 aliphatic carbocycles. The molecule has 1 aromatic heterocycles. The lowest BCUT2D eigenvalue weighted by molar-refractivity contribution is 0.430. The first-order valence-corrected chi connectivity index (χ1v) is 6.80. The molecule has 0 saturated heterocycles. The Morgan fingerprint density at radius 2 is 2.13 bits per heavy atom. The summed E-state index contributed by atoms with van der Waals surface area (Å²) in [5, 5.41) is 5.85. The van der Waals surface area contributed by atoms with E-state index in [1.165, 1.54) is 23.3 Å². The van der Waals surface area contributed by atoms with Crippen LogP contribution in [0.25, 0.3) is 0 Å². The lowest BCUT2D eigenvalue weighted by Gasteiger charge is -2.20. The lowest BCUT2D eigenvalue weighted by Crippen LogP contribution is -2.23. The number of aryl methyl sites for hydroxylation is 1. The number of hydrogen-bond donors (Lipinski definition) is 1. The SMILES string of the molecule is CCCNC(CC(C)C)c1ccsc1C. The van der Waals surface area contributed by atoms with Crippen molar-refractivity contribution in [2.75, 3.05) is 6.54 Å². The fourth-order valence-corrected chi connectivity index (χ4v) is 2.63. The minimum atomic E-state index is 0.552. The molecule has 1 nitrogen and oxygen atoms in total. The highest BCUT2D eigenvalue weighted by molar-refractivity contribution is 7.10. The molecule has 1 aromatic rings. The van der Waals surface area contributed by atoms with Crippen LogP contribution in [0.3, 0.4) is 0 Å². The summed E-state index contributed by atoms with van der Waals surface area (Å²) in [6.07, 6.45) is 2.44. The Hall–Kier alpha value is -0.340. The first kappa shape index (κ1) is 12.7. The third kappa shape index (κ3) is 3.96. The van der Waals surface area contributed by atoms with Gasteiger partial charge in [-0.05, 0) is 49.2 Å². The van der Waals surface area contributed by atoms with Crippen molar-refractivity contribution in [1.29, 1.82) is 0 Å². The molecule has 0 aliphatic heterocycles. The molecule has 0 amide bonds. The van der Waals surface area contributed by atoms with Crippen molar-refractivity contribution in [3.63, 3.8) is 0 Å². The van der Waals surface area contributed by atoms with Gasteiger partial charge in [0, 0.05) is 10.9 Å². The molecule has 0 bridgehead atoms. The van der Waals surface area contributed by atoms with Gasteiger partial charge in [0.15, 0.2) is 0 Å². The molecule has 2 heteroatoms. The van der Waals surface area contributed by atoms with Crippen molar-refractivity contribution >= 4 is 11.3 Å². The summed E-state index contributed by atoms with van der Waals surface area (Å²) in [7, 11) is 0. The average Bonchev–Trinajstić information content (AvgIpc) is 2.58. The molecule has 0 fully saturated rings. The first-order chi connectivity index (χ1) is 7.15. The van der Waals surface area contributed by atoms with Gasteiger partial charge in [-0.3, -0.25) is 0 Å². The van der Waals surface area contributed by atoms with Gasteiger partial charge in [0.05, 0.1) is 0 Å². The molecule has 0 aliphatic rings. The van der Waals surface area contributed by atoms with Gasteiger partial charge in [0.1, 0.15) is 0 Å². The normalized spacial score (nSPS) is 13.4. The zero-order chi connectivity index (χ0) is 11.3. The second kappa shape index (κ2) is 6.29. The van der Waals surface area contributed by atoms with Crippen LogP contribution in [0, 0.1) is 12.8 Å². The van der Waals surface area contributed by atoms with Crippen LogP contribution >= 0.6 is 11.3 Å². The summed E-state index contributed by atoms with van der Waals surface area (Å²) in [6.45, 7) is 10.2. The fourth-order valence-electron chi connectivity index (χ4n) is 1.87. The van der Waals surface area contributed by atoms with Crippen molar-refractivity contribution in [2.24, 2.45) is 5.92 Å². The molecule has 1 rings (SSSR count). The van der Waals surface area contributed by atoms with Crippen molar-refractivity contribution in [3.8, 4) is 0 Å². The van der Waals surface area contributed by atoms with Crippen molar-refractivity contribution in [2.45, 2.75) is 46.6 Å². The van der Waals surface area contributed by atoms with Gasteiger partial charge >= 0.3 is 0 Å². The zero-order valence-corrected chi connectivity index (χ0v) is 11.2. The predicted octanol–water partition coefficient (Wildman–Crippen LogP) is 4.14. The van der Waals surface area contributed by atoms with E-state index in [1.54, 1.807) is 0 Å². The second-order valence-electron chi connectivity index (χ2n) is 4.57. The Morgan fingerprint density at radius 3 is 2.60 bits per heavy atom. The van der Waals surface area contributed by atoms with Crippen molar-refractivity contribution < 1.29 is 0 Å². The topological polar surface area (TPSA) is 12.0 Å². The summed E-state index contributed by atoms with van der Waals surface area (Å²) in [6, 6.07) is 2.83. The third-order valence-electron chi connectivity index (χ3n) is 2.62. The number of rotatable bonds is 6. The van der Waals surface area contributed by atoms with Gasteiger partial charge in [-0.2, -0.15) is 0 Å². The van der Waals surface area contributed by atoms with Gasteiger partial charge in [0.25, 0.3) is 0 Å². The van der Waals surface area contributed by atoms with Crippen LogP contribution < -0.4 is 5.32 Å². The first-order valence-electron chi connectivity index (χ1n) is 5.92. The van der Waals surface area contributed by atoms with Crippen molar-refractivity contribution in [3.05, 3.63) is 21.9 Å². The monoisotopic (exact) mass is 225 g/mol. The van der Waals surface area contributed by atoms with Crippen LogP contribution in [-0.4, -0.2) is 6.54 Å². The van der Waals surface area contributed by atoms with Gasteiger partial charge in [-0.25, -0.2) is 0 Å². The minimum Gasteiger partial charge on any atom is -0.310 e. The lowest BCUT2D eigenvalue weighted by atomic mass is 9.97. The Labute approximate surface area is 97.9 Å². The van der Waals surface area contributed by atoms with Gasteiger partial charge in [-0.1, -0.05) is 20.8 Å².